The number of carbonyl (C=O) groups is 1. The van der Waals surface area contributed by atoms with Crippen LogP contribution in [0.3, 0.4) is 0 Å². The SMILES string of the molecule is CC(C)CC1(C(=O)N2CC(CCl)OC(C)(C)C2)CCCC1. The third-order valence-electron chi connectivity index (χ3n) is 4.75. The molecule has 1 amide bonds. The van der Waals surface area contributed by atoms with Gasteiger partial charge < -0.3 is 9.64 Å². The summed E-state index contributed by atoms with van der Waals surface area (Å²) in [4.78, 5) is 15.3. The number of halogens is 1. The molecule has 0 N–H and O–H groups in total. The van der Waals surface area contributed by atoms with E-state index in [0.29, 0.717) is 30.8 Å². The minimum atomic E-state index is -0.301. The Hall–Kier alpha value is -0.280. The van der Waals surface area contributed by atoms with Crippen molar-refractivity contribution in [2.24, 2.45) is 11.3 Å². The molecule has 0 spiro atoms. The molecule has 3 nitrogen and oxygen atoms in total. The zero-order chi connectivity index (χ0) is 15.7. The van der Waals surface area contributed by atoms with Gasteiger partial charge in [0.2, 0.25) is 5.91 Å². The van der Waals surface area contributed by atoms with Gasteiger partial charge in [0, 0.05) is 18.5 Å². The number of nitrogens with zero attached hydrogens (tertiary/aromatic N) is 1. The van der Waals surface area contributed by atoms with Crippen molar-refractivity contribution in [1.29, 1.82) is 0 Å². The second kappa shape index (κ2) is 6.45. The minimum Gasteiger partial charge on any atom is -0.367 e. The van der Waals surface area contributed by atoms with Crippen molar-refractivity contribution >= 4 is 17.5 Å². The van der Waals surface area contributed by atoms with E-state index in [9.17, 15) is 4.79 Å². The number of rotatable bonds is 4. The van der Waals surface area contributed by atoms with Gasteiger partial charge in [-0.25, -0.2) is 0 Å². The molecule has 0 aromatic carbocycles. The molecule has 1 heterocycles. The molecule has 0 aromatic heterocycles. The fourth-order valence-corrected chi connectivity index (χ4v) is 4.37. The van der Waals surface area contributed by atoms with Gasteiger partial charge in [-0.05, 0) is 39.0 Å². The van der Waals surface area contributed by atoms with Gasteiger partial charge in [0.1, 0.15) is 0 Å². The summed E-state index contributed by atoms with van der Waals surface area (Å²) in [6, 6.07) is 0. The third-order valence-corrected chi connectivity index (χ3v) is 5.10. The number of carbonyl (C=O) groups excluding carboxylic acids is 1. The van der Waals surface area contributed by atoms with E-state index in [1.807, 2.05) is 4.90 Å². The second-order valence-corrected chi connectivity index (χ2v) is 8.23. The van der Waals surface area contributed by atoms with E-state index in [1.165, 1.54) is 12.8 Å². The average Bonchev–Trinajstić information content (AvgIpc) is 2.84. The van der Waals surface area contributed by atoms with Gasteiger partial charge in [0.15, 0.2) is 0 Å². The number of alkyl halides is 1. The van der Waals surface area contributed by atoms with Crippen molar-refractivity contribution in [2.45, 2.75) is 71.5 Å². The topological polar surface area (TPSA) is 29.5 Å². The smallest absolute Gasteiger partial charge is 0.228 e. The van der Waals surface area contributed by atoms with E-state index >= 15 is 0 Å². The van der Waals surface area contributed by atoms with Crippen molar-refractivity contribution in [2.75, 3.05) is 19.0 Å². The van der Waals surface area contributed by atoms with Crippen LogP contribution in [-0.4, -0.2) is 41.5 Å². The highest BCUT2D eigenvalue weighted by atomic mass is 35.5. The molecule has 2 rings (SSSR count). The van der Waals surface area contributed by atoms with Crippen molar-refractivity contribution < 1.29 is 9.53 Å². The Morgan fingerprint density at radius 3 is 2.48 bits per heavy atom. The van der Waals surface area contributed by atoms with Gasteiger partial charge in [-0.1, -0.05) is 26.7 Å². The normalized spacial score (nSPS) is 28.1. The van der Waals surface area contributed by atoms with Crippen LogP contribution < -0.4 is 0 Å². The quantitative estimate of drug-likeness (QED) is 0.738. The fourth-order valence-electron chi connectivity index (χ4n) is 4.20. The van der Waals surface area contributed by atoms with Crippen molar-refractivity contribution in [3.63, 3.8) is 0 Å². The number of hydrogen-bond acceptors (Lipinski definition) is 2. The number of morpholine rings is 1. The molecule has 2 fully saturated rings. The first-order chi connectivity index (χ1) is 9.78. The Morgan fingerprint density at radius 2 is 1.95 bits per heavy atom. The number of ether oxygens (including phenoxy) is 1. The molecule has 2 aliphatic rings. The van der Waals surface area contributed by atoms with E-state index in [4.69, 9.17) is 16.3 Å². The van der Waals surface area contributed by atoms with Gasteiger partial charge >= 0.3 is 0 Å². The first kappa shape index (κ1) is 17.1. The van der Waals surface area contributed by atoms with Crippen LogP contribution in [0.25, 0.3) is 0 Å². The molecule has 0 aromatic rings. The average molecular weight is 316 g/mol. The monoisotopic (exact) mass is 315 g/mol. The molecule has 1 aliphatic heterocycles. The maximum absolute atomic E-state index is 13.2. The van der Waals surface area contributed by atoms with Crippen LogP contribution in [0.2, 0.25) is 0 Å². The maximum Gasteiger partial charge on any atom is 0.228 e. The van der Waals surface area contributed by atoms with Crippen LogP contribution in [0.1, 0.15) is 59.8 Å². The lowest BCUT2D eigenvalue weighted by atomic mass is 9.77. The van der Waals surface area contributed by atoms with E-state index in [2.05, 4.69) is 27.7 Å². The van der Waals surface area contributed by atoms with Gasteiger partial charge in [0.25, 0.3) is 0 Å². The first-order valence-corrected chi connectivity index (χ1v) is 8.85. The van der Waals surface area contributed by atoms with E-state index in [1.54, 1.807) is 0 Å². The Balaban J connectivity index is 2.16. The lowest BCUT2D eigenvalue weighted by Crippen LogP contribution is -2.58. The molecule has 1 saturated heterocycles. The fraction of sp³-hybridized carbons (Fsp3) is 0.941. The Morgan fingerprint density at radius 1 is 1.33 bits per heavy atom. The molecule has 0 radical (unpaired) electrons. The Kier molecular flexibility index (Phi) is 5.25. The third kappa shape index (κ3) is 3.92. The maximum atomic E-state index is 13.2. The summed E-state index contributed by atoms with van der Waals surface area (Å²) in [6.45, 7) is 9.87. The molecule has 21 heavy (non-hydrogen) atoms. The predicted octanol–water partition coefficient (Wildman–Crippen LogP) is 3.84. The first-order valence-electron chi connectivity index (χ1n) is 8.31. The Labute approximate surface area is 134 Å². The molecule has 1 aliphatic carbocycles. The van der Waals surface area contributed by atoms with Gasteiger partial charge in [0.05, 0.1) is 17.6 Å². The van der Waals surface area contributed by atoms with Gasteiger partial charge in [-0.15, -0.1) is 11.6 Å². The molecule has 1 unspecified atom stereocenters. The summed E-state index contributed by atoms with van der Waals surface area (Å²) in [5.74, 6) is 1.36. The van der Waals surface area contributed by atoms with Gasteiger partial charge in [-0.3, -0.25) is 4.79 Å². The lowest BCUT2D eigenvalue weighted by molar-refractivity contribution is -0.167. The summed E-state index contributed by atoms with van der Waals surface area (Å²) >= 11 is 5.99. The molecule has 122 valence electrons. The van der Waals surface area contributed by atoms with Crippen LogP contribution in [0.15, 0.2) is 0 Å². The lowest BCUT2D eigenvalue weighted by Gasteiger charge is -2.45. The van der Waals surface area contributed by atoms with E-state index < -0.39 is 0 Å². The molecule has 0 bridgehead atoms. The van der Waals surface area contributed by atoms with E-state index in [0.717, 1.165) is 19.3 Å². The highest BCUT2D eigenvalue weighted by Crippen LogP contribution is 2.45. The summed E-state index contributed by atoms with van der Waals surface area (Å²) in [7, 11) is 0. The van der Waals surface area contributed by atoms with Crippen LogP contribution in [0.4, 0.5) is 0 Å². The van der Waals surface area contributed by atoms with Crippen LogP contribution in [-0.2, 0) is 9.53 Å². The van der Waals surface area contributed by atoms with Crippen LogP contribution >= 0.6 is 11.6 Å². The molecular weight excluding hydrogens is 286 g/mol. The van der Waals surface area contributed by atoms with Crippen LogP contribution in [0, 0.1) is 11.3 Å². The second-order valence-electron chi connectivity index (χ2n) is 7.92. The number of amides is 1. The molecule has 1 atom stereocenters. The largest absolute Gasteiger partial charge is 0.367 e. The highest BCUT2D eigenvalue weighted by molar-refractivity contribution is 6.18. The molecule has 4 heteroatoms. The van der Waals surface area contributed by atoms with Crippen molar-refractivity contribution in [1.82, 2.24) is 4.90 Å². The zero-order valence-corrected chi connectivity index (χ0v) is 14.7. The van der Waals surface area contributed by atoms with Gasteiger partial charge in [-0.2, -0.15) is 0 Å². The molecular formula is C17H30ClNO2. The van der Waals surface area contributed by atoms with Crippen molar-refractivity contribution in [3.05, 3.63) is 0 Å². The predicted molar refractivity (Wildman–Crippen MR) is 86.6 cm³/mol. The summed E-state index contributed by atoms with van der Waals surface area (Å²) in [5.41, 5.74) is -0.427. The Bertz CT molecular complexity index is 375. The summed E-state index contributed by atoms with van der Waals surface area (Å²) < 4.78 is 5.95. The van der Waals surface area contributed by atoms with E-state index in [-0.39, 0.29) is 17.1 Å². The summed E-state index contributed by atoms with van der Waals surface area (Å²) in [6.07, 6.45) is 5.43. The standard InChI is InChI=1S/C17H30ClNO2/c1-13(2)9-17(7-5-6-8-17)15(20)19-11-14(10-18)21-16(3,4)12-19/h13-14H,5-12H2,1-4H3. The highest BCUT2D eigenvalue weighted by Gasteiger charge is 2.46. The summed E-state index contributed by atoms with van der Waals surface area (Å²) in [5, 5.41) is 0. The van der Waals surface area contributed by atoms with Crippen LogP contribution in [0.5, 0.6) is 0 Å². The molecule has 1 saturated carbocycles. The number of hydrogen-bond donors (Lipinski definition) is 0. The van der Waals surface area contributed by atoms with Crippen molar-refractivity contribution in [3.8, 4) is 0 Å². The zero-order valence-electron chi connectivity index (χ0n) is 14.0. The minimum absolute atomic E-state index is 0.0446.